The molecule has 0 spiro atoms. The molecule has 2 N–H and O–H groups in total. The summed E-state index contributed by atoms with van der Waals surface area (Å²) < 4.78 is 11.7. The van der Waals surface area contributed by atoms with E-state index in [4.69, 9.17) is 9.47 Å². The molecular weight excluding hydrogens is 431 g/mol. The average molecular weight is 462 g/mol. The second-order valence-corrected chi connectivity index (χ2v) is 8.16. The number of piperidine rings is 1. The molecule has 2 aromatic carbocycles. The number of aromatic amines is 1. The SMILES string of the molecule is CCO[C@H]1CCN(Cc2c(OC)cc(C)c3[nH]ccc23)[C@H](c2ccc(C(=O)O)cc2)C1.[K]. The Hall–Kier alpha value is -1.19. The zero-order chi connectivity index (χ0) is 22.0. The second kappa shape index (κ2) is 11.3. The van der Waals surface area contributed by atoms with Crippen LogP contribution in [0.5, 0.6) is 5.75 Å². The van der Waals surface area contributed by atoms with Crippen molar-refractivity contribution in [1.82, 2.24) is 9.88 Å². The van der Waals surface area contributed by atoms with E-state index in [1.54, 1.807) is 19.2 Å². The number of H-pyrrole nitrogens is 1. The molecule has 1 saturated heterocycles. The summed E-state index contributed by atoms with van der Waals surface area (Å²) in [6.45, 7) is 6.47. The molecule has 2 heterocycles. The van der Waals surface area contributed by atoms with Crippen molar-refractivity contribution >= 4 is 68.3 Å². The molecule has 6 nitrogen and oxygen atoms in total. The number of hydrogen-bond acceptors (Lipinski definition) is 4. The van der Waals surface area contributed by atoms with Crippen molar-refractivity contribution in [3.63, 3.8) is 0 Å². The number of fused-ring (bicyclic) bond motifs is 1. The molecule has 0 saturated carbocycles. The molecular formula is C25H30KN2O4. The van der Waals surface area contributed by atoms with Crippen LogP contribution in [0.2, 0.25) is 0 Å². The number of rotatable bonds is 7. The summed E-state index contributed by atoms with van der Waals surface area (Å²) in [4.78, 5) is 17.1. The second-order valence-electron chi connectivity index (χ2n) is 8.16. The van der Waals surface area contributed by atoms with Crippen LogP contribution in [-0.2, 0) is 11.3 Å². The number of aromatic carboxylic acids is 1. The number of methoxy groups -OCH3 is 1. The Labute approximate surface area is 231 Å². The number of aryl methyl sites for hydroxylation is 1. The molecule has 1 aromatic heterocycles. The summed E-state index contributed by atoms with van der Waals surface area (Å²) in [6.07, 6.45) is 4.04. The predicted octanol–water partition coefficient (Wildman–Crippen LogP) is 4.54. The summed E-state index contributed by atoms with van der Waals surface area (Å²) in [5.74, 6) is -0.00464. The van der Waals surface area contributed by atoms with Gasteiger partial charge in [0, 0.05) is 99.8 Å². The Morgan fingerprint density at radius 3 is 2.66 bits per heavy atom. The van der Waals surface area contributed by atoms with Gasteiger partial charge in [-0.1, -0.05) is 12.1 Å². The van der Waals surface area contributed by atoms with Gasteiger partial charge in [-0.25, -0.2) is 4.79 Å². The maximum absolute atomic E-state index is 11.3. The standard InChI is InChI=1S/C25H30N2O4.K/c1-4-31-19-10-12-27(22(14-19)17-5-7-18(8-6-17)25(28)29)15-21-20-9-11-26-24(20)16(2)13-23(21)30-3;/h5-9,11,13,19,22,26H,4,10,12,14-15H2,1-3H3,(H,28,29);/t19-,22-;/m0./s1. The first-order chi connectivity index (χ1) is 15.0. The number of aromatic nitrogens is 1. The van der Waals surface area contributed by atoms with Gasteiger partial charge in [0.1, 0.15) is 5.75 Å². The largest absolute Gasteiger partial charge is 0.496 e. The van der Waals surface area contributed by atoms with E-state index in [1.807, 2.05) is 25.3 Å². The van der Waals surface area contributed by atoms with Gasteiger partial charge in [0.05, 0.1) is 18.8 Å². The van der Waals surface area contributed by atoms with Crippen LogP contribution < -0.4 is 4.74 Å². The van der Waals surface area contributed by atoms with E-state index in [-0.39, 0.29) is 63.5 Å². The zero-order valence-corrected chi connectivity index (χ0v) is 22.5. The van der Waals surface area contributed by atoms with Crippen molar-refractivity contribution in [2.75, 3.05) is 20.3 Å². The Kier molecular flexibility index (Phi) is 8.97. The Morgan fingerprint density at radius 2 is 2.00 bits per heavy atom. The molecule has 0 aliphatic carbocycles. The van der Waals surface area contributed by atoms with Gasteiger partial charge >= 0.3 is 5.97 Å². The summed E-state index contributed by atoms with van der Waals surface area (Å²) in [5, 5.41) is 10.4. The average Bonchev–Trinajstić information content (AvgIpc) is 3.27. The first-order valence-electron chi connectivity index (χ1n) is 10.8. The zero-order valence-electron chi connectivity index (χ0n) is 19.4. The minimum atomic E-state index is -0.904. The van der Waals surface area contributed by atoms with Crippen molar-refractivity contribution in [1.29, 1.82) is 0 Å². The number of hydrogen-bond donors (Lipinski definition) is 2. The van der Waals surface area contributed by atoms with Crippen molar-refractivity contribution < 1.29 is 19.4 Å². The molecule has 7 heteroatoms. The smallest absolute Gasteiger partial charge is 0.335 e. The molecule has 3 aromatic rings. The molecule has 1 radical (unpaired) electrons. The number of benzene rings is 2. The van der Waals surface area contributed by atoms with Crippen LogP contribution in [0.1, 0.15) is 52.9 Å². The van der Waals surface area contributed by atoms with Gasteiger partial charge in [-0.05, 0) is 62.1 Å². The molecule has 0 unspecified atom stereocenters. The molecule has 1 aliphatic heterocycles. The van der Waals surface area contributed by atoms with Gasteiger partial charge in [0.25, 0.3) is 0 Å². The summed E-state index contributed by atoms with van der Waals surface area (Å²) in [5.41, 5.74) is 4.90. The van der Waals surface area contributed by atoms with Crippen molar-refractivity contribution in [3.05, 3.63) is 64.8 Å². The maximum atomic E-state index is 11.3. The van der Waals surface area contributed by atoms with E-state index in [2.05, 4.69) is 28.9 Å². The van der Waals surface area contributed by atoms with E-state index in [0.717, 1.165) is 48.3 Å². The number of carboxylic acid groups (broad SMARTS) is 1. The van der Waals surface area contributed by atoms with Gasteiger partial charge < -0.3 is 19.6 Å². The fourth-order valence-corrected chi connectivity index (χ4v) is 4.74. The number of likely N-dealkylation sites (tertiary alicyclic amines) is 1. The molecule has 0 bridgehead atoms. The summed E-state index contributed by atoms with van der Waals surface area (Å²) >= 11 is 0. The van der Waals surface area contributed by atoms with E-state index in [9.17, 15) is 9.90 Å². The van der Waals surface area contributed by atoms with Crippen LogP contribution in [-0.4, -0.2) is 98.7 Å². The van der Waals surface area contributed by atoms with Crippen LogP contribution in [0.15, 0.2) is 42.6 Å². The Bertz CT molecular complexity index is 1060. The fraction of sp³-hybridized carbons (Fsp3) is 0.400. The first-order valence-corrected chi connectivity index (χ1v) is 10.8. The van der Waals surface area contributed by atoms with Crippen LogP contribution in [0.25, 0.3) is 10.9 Å². The Balaban J connectivity index is 0.00000289. The van der Waals surface area contributed by atoms with E-state index >= 15 is 0 Å². The van der Waals surface area contributed by atoms with Gasteiger partial charge in [0.2, 0.25) is 0 Å². The maximum Gasteiger partial charge on any atom is 0.335 e. The third-order valence-electron chi connectivity index (χ3n) is 6.30. The van der Waals surface area contributed by atoms with Crippen LogP contribution in [0.3, 0.4) is 0 Å². The number of carbonyl (C=O) groups is 1. The number of ether oxygens (including phenoxy) is 2. The van der Waals surface area contributed by atoms with Gasteiger partial charge in [-0.2, -0.15) is 0 Å². The topological polar surface area (TPSA) is 74.8 Å². The normalized spacial score (nSPS) is 19.0. The van der Waals surface area contributed by atoms with E-state index in [0.29, 0.717) is 12.2 Å². The predicted molar refractivity (Wildman–Crippen MR) is 127 cm³/mol. The molecule has 2 atom stereocenters. The fourth-order valence-electron chi connectivity index (χ4n) is 4.74. The van der Waals surface area contributed by atoms with Crippen LogP contribution >= 0.6 is 0 Å². The molecule has 165 valence electrons. The molecule has 1 fully saturated rings. The van der Waals surface area contributed by atoms with E-state index < -0.39 is 5.97 Å². The number of nitrogens with zero attached hydrogens (tertiary/aromatic N) is 1. The third-order valence-corrected chi connectivity index (χ3v) is 6.30. The minimum Gasteiger partial charge on any atom is -0.496 e. The van der Waals surface area contributed by atoms with Crippen molar-refractivity contribution in [2.24, 2.45) is 0 Å². The quantitative estimate of drug-likeness (QED) is 0.505. The molecule has 32 heavy (non-hydrogen) atoms. The summed E-state index contributed by atoms with van der Waals surface area (Å²) in [7, 11) is 1.72. The van der Waals surface area contributed by atoms with Gasteiger partial charge in [-0.3, -0.25) is 4.90 Å². The molecule has 1 aliphatic rings. The van der Waals surface area contributed by atoms with E-state index in [1.165, 1.54) is 10.9 Å². The minimum absolute atomic E-state index is 0. The van der Waals surface area contributed by atoms with Gasteiger partial charge in [-0.15, -0.1) is 0 Å². The number of carboxylic acids is 1. The third kappa shape index (κ3) is 5.30. The monoisotopic (exact) mass is 461 g/mol. The molecule has 4 rings (SSSR count). The van der Waals surface area contributed by atoms with Crippen LogP contribution in [0, 0.1) is 6.92 Å². The van der Waals surface area contributed by atoms with Crippen molar-refractivity contribution in [2.45, 2.75) is 45.4 Å². The van der Waals surface area contributed by atoms with Gasteiger partial charge in [0.15, 0.2) is 0 Å². The van der Waals surface area contributed by atoms with Crippen molar-refractivity contribution in [3.8, 4) is 5.75 Å². The van der Waals surface area contributed by atoms with Crippen LogP contribution in [0.4, 0.5) is 0 Å². The summed E-state index contributed by atoms with van der Waals surface area (Å²) in [6, 6.07) is 11.6. The molecule has 0 amide bonds. The Morgan fingerprint density at radius 1 is 1.25 bits per heavy atom. The number of nitrogens with one attached hydrogen (secondary N) is 1. The first kappa shape index (κ1) is 25.4.